The van der Waals surface area contributed by atoms with E-state index in [9.17, 15) is 0 Å². The van der Waals surface area contributed by atoms with Crippen LogP contribution in [0.5, 0.6) is 0 Å². The van der Waals surface area contributed by atoms with Crippen molar-refractivity contribution in [3.05, 3.63) is 35.9 Å². The summed E-state index contributed by atoms with van der Waals surface area (Å²) in [6.45, 7) is 11.5. The first kappa shape index (κ1) is 16.2. The van der Waals surface area contributed by atoms with Crippen molar-refractivity contribution in [2.75, 3.05) is 0 Å². The monoisotopic (exact) mass is 261 g/mol. The van der Waals surface area contributed by atoms with Crippen LogP contribution in [0.1, 0.15) is 65.5 Å². The lowest BCUT2D eigenvalue weighted by Gasteiger charge is -2.30. The zero-order valence-electron chi connectivity index (χ0n) is 13.3. The van der Waals surface area contributed by atoms with Crippen molar-refractivity contribution in [1.29, 1.82) is 0 Å². The van der Waals surface area contributed by atoms with E-state index in [-0.39, 0.29) is 0 Å². The Labute approximate surface area is 119 Å². The number of rotatable bonds is 8. The van der Waals surface area contributed by atoms with Gasteiger partial charge in [-0.05, 0) is 30.7 Å². The van der Waals surface area contributed by atoms with Crippen LogP contribution < -0.4 is 5.32 Å². The fourth-order valence-corrected chi connectivity index (χ4v) is 3.01. The molecule has 0 spiro atoms. The molecule has 0 aliphatic heterocycles. The Morgan fingerprint density at radius 3 is 2.00 bits per heavy atom. The Hall–Kier alpha value is -0.820. The van der Waals surface area contributed by atoms with Crippen LogP contribution in [0.15, 0.2) is 30.3 Å². The molecule has 0 aliphatic rings. The fourth-order valence-electron chi connectivity index (χ4n) is 3.01. The minimum Gasteiger partial charge on any atom is -0.307 e. The molecule has 19 heavy (non-hydrogen) atoms. The van der Waals surface area contributed by atoms with E-state index >= 15 is 0 Å². The Kier molecular flexibility index (Phi) is 7.15. The van der Waals surface area contributed by atoms with Gasteiger partial charge in [-0.1, -0.05) is 70.9 Å². The Balaban J connectivity index is 2.81. The maximum Gasteiger partial charge on any atom is 0.0350 e. The molecule has 0 fully saturated rings. The molecule has 0 aliphatic carbocycles. The molecular formula is C18H31N. The lowest BCUT2D eigenvalue weighted by Crippen LogP contribution is -2.35. The van der Waals surface area contributed by atoms with E-state index in [2.05, 4.69) is 70.3 Å². The minimum absolute atomic E-state index is 0.491. The highest BCUT2D eigenvalue weighted by Gasteiger charge is 2.22. The number of benzene rings is 1. The molecule has 0 bridgehead atoms. The van der Waals surface area contributed by atoms with Crippen molar-refractivity contribution in [3.8, 4) is 0 Å². The second-order valence-corrected chi connectivity index (χ2v) is 6.16. The smallest absolute Gasteiger partial charge is 0.0350 e. The van der Waals surface area contributed by atoms with E-state index in [1.807, 2.05) is 0 Å². The maximum absolute atomic E-state index is 3.87. The third-order valence-electron chi connectivity index (χ3n) is 3.97. The summed E-state index contributed by atoms with van der Waals surface area (Å²) in [6.07, 6.45) is 3.71. The zero-order valence-corrected chi connectivity index (χ0v) is 13.3. The molecule has 2 unspecified atom stereocenters. The summed E-state index contributed by atoms with van der Waals surface area (Å²) in [5.41, 5.74) is 1.44. The molecule has 0 amide bonds. The highest BCUT2D eigenvalue weighted by Crippen LogP contribution is 2.28. The minimum atomic E-state index is 0.491. The van der Waals surface area contributed by atoms with Gasteiger partial charge in [0.2, 0.25) is 0 Å². The molecule has 108 valence electrons. The second-order valence-electron chi connectivity index (χ2n) is 6.16. The molecular weight excluding hydrogens is 230 g/mol. The molecule has 2 atom stereocenters. The third kappa shape index (κ3) is 5.36. The molecule has 1 aromatic carbocycles. The maximum atomic E-state index is 3.87. The Morgan fingerprint density at radius 2 is 1.53 bits per heavy atom. The predicted octanol–water partition coefficient (Wildman–Crippen LogP) is 5.19. The molecule has 0 aromatic heterocycles. The van der Waals surface area contributed by atoms with Crippen molar-refractivity contribution in [1.82, 2.24) is 5.32 Å². The van der Waals surface area contributed by atoms with Gasteiger partial charge < -0.3 is 5.32 Å². The lowest BCUT2D eigenvalue weighted by molar-refractivity contribution is 0.297. The molecule has 1 heteroatoms. The van der Waals surface area contributed by atoms with Crippen molar-refractivity contribution >= 4 is 0 Å². The molecule has 1 nitrogen and oxygen atoms in total. The van der Waals surface area contributed by atoms with Crippen LogP contribution in [0.25, 0.3) is 0 Å². The fraction of sp³-hybridized carbons (Fsp3) is 0.667. The first-order chi connectivity index (χ1) is 9.08. The van der Waals surface area contributed by atoms with Crippen LogP contribution >= 0.6 is 0 Å². The number of hydrogen-bond acceptors (Lipinski definition) is 1. The third-order valence-corrected chi connectivity index (χ3v) is 3.97. The van der Waals surface area contributed by atoms with E-state index < -0.39 is 0 Å². The van der Waals surface area contributed by atoms with Crippen molar-refractivity contribution in [3.63, 3.8) is 0 Å². The van der Waals surface area contributed by atoms with E-state index in [0.29, 0.717) is 12.1 Å². The van der Waals surface area contributed by atoms with Crippen LogP contribution in [-0.4, -0.2) is 6.04 Å². The van der Waals surface area contributed by atoms with E-state index in [1.165, 1.54) is 24.8 Å². The summed E-state index contributed by atoms with van der Waals surface area (Å²) in [5, 5.41) is 3.87. The van der Waals surface area contributed by atoms with Crippen molar-refractivity contribution in [2.24, 2.45) is 11.8 Å². The van der Waals surface area contributed by atoms with Crippen molar-refractivity contribution < 1.29 is 0 Å². The summed E-state index contributed by atoms with van der Waals surface area (Å²) in [6, 6.07) is 12.0. The lowest BCUT2D eigenvalue weighted by atomic mass is 9.88. The molecule has 0 heterocycles. The highest BCUT2D eigenvalue weighted by atomic mass is 15.0. The zero-order chi connectivity index (χ0) is 14.3. The molecule has 1 N–H and O–H groups in total. The first-order valence-corrected chi connectivity index (χ1v) is 7.89. The normalized spacial score (nSPS) is 14.9. The van der Waals surface area contributed by atoms with Crippen molar-refractivity contribution in [2.45, 2.75) is 66.0 Å². The largest absolute Gasteiger partial charge is 0.307 e. The van der Waals surface area contributed by atoms with Crippen LogP contribution in [-0.2, 0) is 0 Å². The van der Waals surface area contributed by atoms with Gasteiger partial charge in [-0.2, -0.15) is 0 Å². The van der Waals surface area contributed by atoms with Gasteiger partial charge in [0.15, 0.2) is 0 Å². The molecule has 1 rings (SSSR count). The number of hydrogen-bond donors (Lipinski definition) is 1. The van der Waals surface area contributed by atoms with Gasteiger partial charge in [-0.25, -0.2) is 0 Å². The van der Waals surface area contributed by atoms with Gasteiger partial charge in [-0.3, -0.25) is 0 Å². The summed E-state index contributed by atoms with van der Waals surface area (Å²) >= 11 is 0. The molecule has 0 saturated heterocycles. The average Bonchev–Trinajstić information content (AvgIpc) is 2.39. The van der Waals surface area contributed by atoms with Gasteiger partial charge in [0.1, 0.15) is 0 Å². The van der Waals surface area contributed by atoms with E-state index in [4.69, 9.17) is 0 Å². The summed E-state index contributed by atoms with van der Waals surface area (Å²) in [4.78, 5) is 0. The summed E-state index contributed by atoms with van der Waals surface area (Å²) in [7, 11) is 0. The summed E-state index contributed by atoms with van der Waals surface area (Å²) in [5.74, 6) is 1.47. The van der Waals surface area contributed by atoms with E-state index in [0.717, 1.165) is 11.8 Å². The van der Waals surface area contributed by atoms with Crippen LogP contribution in [0, 0.1) is 11.8 Å². The first-order valence-electron chi connectivity index (χ1n) is 7.89. The second kappa shape index (κ2) is 8.37. The van der Waals surface area contributed by atoms with Gasteiger partial charge >= 0.3 is 0 Å². The SMILES string of the molecule is CCC(CC)C(NC(C)CC(C)C)c1ccccc1. The van der Waals surface area contributed by atoms with Gasteiger partial charge in [0, 0.05) is 12.1 Å². The van der Waals surface area contributed by atoms with Gasteiger partial charge in [-0.15, -0.1) is 0 Å². The van der Waals surface area contributed by atoms with Gasteiger partial charge in [0.05, 0.1) is 0 Å². The Morgan fingerprint density at radius 1 is 0.947 bits per heavy atom. The predicted molar refractivity (Wildman–Crippen MR) is 85.3 cm³/mol. The summed E-state index contributed by atoms with van der Waals surface area (Å²) < 4.78 is 0. The van der Waals surface area contributed by atoms with E-state index in [1.54, 1.807) is 0 Å². The topological polar surface area (TPSA) is 12.0 Å². The van der Waals surface area contributed by atoms with Gasteiger partial charge in [0.25, 0.3) is 0 Å². The molecule has 1 aromatic rings. The van der Waals surface area contributed by atoms with Crippen LogP contribution in [0.4, 0.5) is 0 Å². The molecule has 0 saturated carbocycles. The quantitative estimate of drug-likeness (QED) is 0.679. The Bertz CT molecular complexity index is 327. The average molecular weight is 261 g/mol. The molecule has 0 radical (unpaired) electrons. The standard InChI is InChI=1S/C18H31N/c1-6-16(7-2)18(17-11-9-8-10-12-17)19-15(5)13-14(3)4/h8-12,14-16,18-19H,6-7,13H2,1-5H3. The van der Waals surface area contributed by atoms with Crippen LogP contribution in [0.3, 0.4) is 0 Å². The number of nitrogens with one attached hydrogen (secondary N) is 1. The highest BCUT2D eigenvalue weighted by molar-refractivity contribution is 5.19. The van der Waals surface area contributed by atoms with Crippen LogP contribution in [0.2, 0.25) is 0 Å².